The summed E-state index contributed by atoms with van der Waals surface area (Å²) in [5.74, 6) is 0. The van der Waals surface area contributed by atoms with Gasteiger partial charge in [0.2, 0.25) is 0 Å². The van der Waals surface area contributed by atoms with Crippen LogP contribution in [0, 0.1) is 5.21 Å². The summed E-state index contributed by atoms with van der Waals surface area (Å²) in [6, 6.07) is 0. The number of halogens is 1. The first-order valence-corrected chi connectivity index (χ1v) is 2.67. The average Bonchev–Trinajstić information content (AvgIpc) is 1.65. The molecule has 44 valence electrons. The fourth-order valence-corrected chi connectivity index (χ4v) is 0.667. The van der Waals surface area contributed by atoms with Gasteiger partial charge in [-0.2, -0.15) is 0 Å². The molecule has 0 amide bonds. The van der Waals surface area contributed by atoms with Crippen LogP contribution in [0.3, 0.4) is 0 Å². The van der Waals surface area contributed by atoms with Gasteiger partial charge in [-0.1, -0.05) is 6.08 Å². The van der Waals surface area contributed by atoms with E-state index in [0.717, 1.165) is 0 Å². The monoisotopic (exact) mass is 131 g/mol. The molecule has 0 fully saturated rings. The van der Waals surface area contributed by atoms with E-state index >= 15 is 0 Å². The Balaban J connectivity index is 2.65. The number of hydrogen-bond acceptors (Lipinski definition) is 1. The van der Waals surface area contributed by atoms with Crippen LogP contribution in [0.15, 0.2) is 24.4 Å². The minimum absolute atomic E-state index is 0.331. The second kappa shape index (κ2) is 1.90. The third-order valence-electron chi connectivity index (χ3n) is 0.910. The molecule has 0 aromatic heterocycles. The summed E-state index contributed by atoms with van der Waals surface area (Å²) >= 11 is 5.32. The van der Waals surface area contributed by atoms with Crippen LogP contribution in [-0.4, -0.2) is 10.7 Å². The fraction of sp³-hybridized carbons (Fsp3) is 0.200. The second-order valence-electron chi connectivity index (χ2n) is 1.66. The van der Waals surface area contributed by atoms with Crippen molar-refractivity contribution in [1.82, 2.24) is 0 Å². The SMILES string of the molecule is [O-][N+]1(Cl)C=CC=CC1. The van der Waals surface area contributed by atoms with Gasteiger partial charge in [-0.05, 0) is 12.2 Å². The van der Waals surface area contributed by atoms with Crippen LogP contribution < -0.4 is 0 Å². The van der Waals surface area contributed by atoms with Gasteiger partial charge in [0.05, 0.1) is 0 Å². The van der Waals surface area contributed by atoms with Crippen LogP contribution in [0.4, 0.5) is 0 Å². The van der Waals surface area contributed by atoms with E-state index in [0.29, 0.717) is 6.54 Å². The summed E-state index contributed by atoms with van der Waals surface area (Å²) in [4.78, 5) is 0. The highest BCUT2D eigenvalue weighted by Gasteiger charge is 2.08. The molecule has 1 aliphatic heterocycles. The summed E-state index contributed by atoms with van der Waals surface area (Å²) in [6.07, 6.45) is 6.57. The zero-order chi connectivity index (χ0) is 6.04. The van der Waals surface area contributed by atoms with Gasteiger partial charge in [0, 0.05) is 0 Å². The Hall–Kier alpha value is -0.310. The Bertz CT molecular complexity index is 139. The van der Waals surface area contributed by atoms with Crippen LogP contribution in [-0.2, 0) is 0 Å². The molecule has 0 spiro atoms. The van der Waals surface area contributed by atoms with Crippen LogP contribution in [0.2, 0.25) is 0 Å². The van der Waals surface area contributed by atoms with Gasteiger partial charge in [0.25, 0.3) is 0 Å². The first-order chi connectivity index (χ1) is 3.71. The van der Waals surface area contributed by atoms with Gasteiger partial charge in [-0.25, -0.2) is 4.17 Å². The van der Waals surface area contributed by atoms with E-state index in [2.05, 4.69) is 0 Å². The largest absolute Gasteiger partial charge is 0.608 e. The molecule has 0 radical (unpaired) electrons. The highest BCUT2D eigenvalue weighted by atomic mass is 35.5. The molecule has 3 heteroatoms. The van der Waals surface area contributed by atoms with E-state index in [1.165, 1.54) is 6.20 Å². The molecule has 0 saturated heterocycles. The lowest BCUT2D eigenvalue weighted by Crippen LogP contribution is -2.25. The zero-order valence-electron chi connectivity index (χ0n) is 4.25. The molecule has 1 rings (SSSR count). The predicted octanol–water partition coefficient (Wildman–Crippen LogP) is 1.54. The Morgan fingerprint density at radius 2 is 2.25 bits per heavy atom. The number of quaternary nitrogens is 1. The maximum atomic E-state index is 10.7. The molecule has 0 N–H and O–H groups in total. The smallest absolute Gasteiger partial charge is 0.171 e. The Labute approximate surface area is 52.9 Å². The van der Waals surface area contributed by atoms with Crippen molar-refractivity contribution in [2.75, 3.05) is 6.54 Å². The molecule has 0 aromatic carbocycles. The van der Waals surface area contributed by atoms with Gasteiger partial charge in [0.1, 0.15) is 12.7 Å². The van der Waals surface area contributed by atoms with Crippen LogP contribution in [0.25, 0.3) is 0 Å². The summed E-state index contributed by atoms with van der Waals surface area (Å²) in [6.45, 7) is 0.331. The Kier molecular flexibility index (Phi) is 1.38. The van der Waals surface area contributed by atoms with Crippen molar-refractivity contribution in [1.29, 1.82) is 0 Å². The summed E-state index contributed by atoms with van der Waals surface area (Å²) in [5.41, 5.74) is 0. The van der Waals surface area contributed by atoms with Crippen molar-refractivity contribution in [3.8, 4) is 0 Å². The van der Waals surface area contributed by atoms with E-state index in [1.807, 2.05) is 0 Å². The lowest BCUT2D eigenvalue weighted by molar-refractivity contribution is -0.696. The van der Waals surface area contributed by atoms with Crippen LogP contribution in [0.1, 0.15) is 0 Å². The lowest BCUT2D eigenvalue weighted by atomic mass is 10.4. The van der Waals surface area contributed by atoms with Gasteiger partial charge in [-0.15, -0.1) is 0 Å². The van der Waals surface area contributed by atoms with Crippen molar-refractivity contribution >= 4 is 11.8 Å². The van der Waals surface area contributed by atoms with E-state index in [-0.39, 0.29) is 0 Å². The Morgan fingerprint density at radius 3 is 2.50 bits per heavy atom. The Morgan fingerprint density at radius 1 is 1.50 bits per heavy atom. The third-order valence-corrected chi connectivity index (χ3v) is 1.16. The maximum absolute atomic E-state index is 10.7. The first kappa shape index (κ1) is 5.82. The molecule has 0 saturated carbocycles. The highest BCUT2D eigenvalue weighted by molar-refractivity contribution is 6.07. The topological polar surface area (TPSA) is 23.1 Å². The highest BCUT2D eigenvalue weighted by Crippen LogP contribution is 2.13. The van der Waals surface area contributed by atoms with Crippen molar-refractivity contribution < 1.29 is 4.17 Å². The van der Waals surface area contributed by atoms with Crippen molar-refractivity contribution in [2.24, 2.45) is 0 Å². The quantitative estimate of drug-likeness (QED) is 0.361. The second-order valence-corrected chi connectivity index (χ2v) is 2.23. The number of nitrogens with zero attached hydrogens (tertiary/aromatic N) is 1. The van der Waals surface area contributed by atoms with Crippen molar-refractivity contribution in [2.45, 2.75) is 0 Å². The molecule has 1 unspecified atom stereocenters. The fourth-order valence-electron chi connectivity index (χ4n) is 0.522. The number of allylic oxidation sites excluding steroid dienone is 2. The van der Waals surface area contributed by atoms with Crippen LogP contribution >= 0.6 is 11.8 Å². The van der Waals surface area contributed by atoms with E-state index in [1.54, 1.807) is 18.2 Å². The van der Waals surface area contributed by atoms with Crippen LogP contribution in [0.5, 0.6) is 0 Å². The summed E-state index contributed by atoms with van der Waals surface area (Å²) in [5, 5.41) is 10.7. The minimum Gasteiger partial charge on any atom is -0.608 e. The molecule has 8 heavy (non-hydrogen) atoms. The van der Waals surface area contributed by atoms with Crippen molar-refractivity contribution in [3.63, 3.8) is 0 Å². The minimum atomic E-state index is -0.795. The molecule has 1 aliphatic rings. The molecule has 1 heterocycles. The van der Waals surface area contributed by atoms with Gasteiger partial charge < -0.3 is 5.21 Å². The first-order valence-electron chi connectivity index (χ1n) is 2.33. The van der Waals surface area contributed by atoms with Gasteiger partial charge in [-0.3, -0.25) is 0 Å². The van der Waals surface area contributed by atoms with E-state index in [4.69, 9.17) is 11.8 Å². The van der Waals surface area contributed by atoms with E-state index < -0.39 is 4.17 Å². The lowest BCUT2D eigenvalue weighted by Gasteiger charge is -2.27. The number of rotatable bonds is 0. The van der Waals surface area contributed by atoms with Gasteiger partial charge in [0.15, 0.2) is 11.8 Å². The summed E-state index contributed by atoms with van der Waals surface area (Å²) in [7, 11) is 0. The predicted molar refractivity (Wildman–Crippen MR) is 32.6 cm³/mol. The third kappa shape index (κ3) is 1.33. The molecule has 0 aliphatic carbocycles. The standard InChI is InChI=1S/C5H6ClNO/c6-7(8)4-2-1-3-5-7/h1-4H,5H2. The average molecular weight is 132 g/mol. The summed E-state index contributed by atoms with van der Waals surface area (Å²) < 4.78 is -0.795. The molecular weight excluding hydrogens is 126 g/mol. The van der Waals surface area contributed by atoms with Gasteiger partial charge >= 0.3 is 0 Å². The molecule has 0 aromatic rings. The van der Waals surface area contributed by atoms with Crippen molar-refractivity contribution in [3.05, 3.63) is 29.6 Å². The zero-order valence-corrected chi connectivity index (χ0v) is 5.01. The molecular formula is C5H6ClNO. The number of hydroxylamine groups is 2. The maximum Gasteiger partial charge on any atom is 0.171 e. The molecule has 2 nitrogen and oxygen atoms in total. The van der Waals surface area contributed by atoms with E-state index in [9.17, 15) is 5.21 Å². The molecule has 1 atom stereocenters. The molecule has 0 bridgehead atoms. The number of hydrogen-bond donors (Lipinski definition) is 0. The normalized spacial score (nSPS) is 35.8.